The number of hydrogen-bond acceptors (Lipinski definition) is 11. The number of alkyl halides is 3. The van der Waals surface area contributed by atoms with Crippen LogP contribution >= 0.6 is 0 Å². The third-order valence-electron chi connectivity index (χ3n) is 13.2. The average Bonchev–Trinajstić information content (AvgIpc) is 3.49. The predicted octanol–water partition coefficient (Wildman–Crippen LogP) is 4.78. The number of hydrogen-bond donors (Lipinski definition) is 2. The van der Waals surface area contributed by atoms with Crippen LogP contribution < -0.4 is 25.2 Å². The van der Waals surface area contributed by atoms with E-state index in [2.05, 4.69) is 30.3 Å². The van der Waals surface area contributed by atoms with E-state index in [0.29, 0.717) is 11.6 Å². The van der Waals surface area contributed by atoms with Gasteiger partial charge in [-0.3, -0.25) is 39.1 Å². The van der Waals surface area contributed by atoms with E-state index >= 15 is 0 Å². The van der Waals surface area contributed by atoms with E-state index in [-0.39, 0.29) is 41.7 Å². The first kappa shape index (κ1) is 41.7. The molecule has 3 aromatic rings. The molecule has 2 aromatic carbocycles. The summed E-state index contributed by atoms with van der Waals surface area (Å²) in [6.07, 6.45) is -2.15. The molecule has 1 atom stereocenters. The van der Waals surface area contributed by atoms with Crippen LogP contribution in [-0.2, 0) is 15.8 Å². The lowest BCUT2D eigenvalue weighted by Gasteiger charge is -2.63. The Morgan fingerprint density at radius 3 is 2.10 bits per heavy atom. The smallest absolute Gasteiger partial charge is 0.419 e. The molecule has 14 nitrogen and oxygen atoms in total. The lowest BCUT2D eigenvalue weighted by molar-refractivity contribution is -0.165. The van der Waals surface area contributed by atoms with Gasteiger partial charge in [0, 0.05) is 85.5 Å². The number of piperazine rings is 1. The maximum Gasteiger partial charge on any atom is 0.419 e. The molecule has 320 valence electrons. The Labute approximate surface area is 351 Å². The largest absolute Gasteiger partial charge is 0.488 e. The van der Waals surface area contributed by atoms with Gasteiger partial charge in [0.1, 0.15) is 24.0 Å². The van der Waals surface area contributed by atoms with Crippen LogP contribution in [-0.4, -0.2) is 108 Å². The van der Waals surface area contributed by atoms with Crippen LogP contribution in [0.1, 0.15) is 95.7 Å². The molecule has 0 spiro atoms. The van der Waals surface area contributed by atoms with Crippen molar-refractivity contribution in [2.45, 2.75) is 83.8 Å². The molecule has 1 aliphatic carbocycles. The van der Waals surface area contributed by atoms with Crippen LogP contribution in [0.25, 0.3) is 0 Å². The van der Waals surface area contributed by atoms with Crippen molar-refractivity contribution in [3.05, 3.63) is 82.7 Å². The van der Waals surface area contributed by atoms with E-state index in [4.69, 9.17) is 10.00 Å². The Hall–Kier alpha value is -6.02. The van der Waals surface area contributed by atoms with Gasteiger partial charge in [0.25, 0.3) is 17.7 Å². The topological polar surface area (TPSA) is 168 Å². The lowest BCUT2D eigenvalue weighted by atomic mass is 9.49. The van der Waals surface area contributed by atoms with Gasteiger partial charge in [-0.25, -0.2) is 4.98 Å². The Kier molecular flexibility index (Phi) is 10.6. The maximum atomic E-state index is 13.6. The number of anilines is 2. The van der Waals surface area contributed by atoms with Crippen molar-refractivity contribution in [2.75, 3.05) is 49.1 Å². The number of amides is 5. The number of pyridine rings is 1. The van der Waals surface area contributed by atoms with Crippen molar-refractivity contribution in [2.24, 2.45) is 10.8 Å². The van der Waals surface area contributed by atoms with E-state index in [0.717, 1.165) is 80.6 Å². The Bertz CT molecular complexity index is 2310. The fourth-order valence-corrected chi connectivity index (χ4v) is 10.3. The molecule has 5 amide bonds. The first-order valence-corrected chi connectivity index (χ1v) is 20.5. The molecule has 4 fully saturated rings. The molecule has 1 saturated carbocycles. The maximum absolute atomic E-state index is 13.6. The number of nitrogens with one attached hydrogen (secondary N) is 2. The highest BCUT2D eigenvalue weighted by Gasteiger charge is 2.64. The van der Waals surface area contributed by atoms with Crippen molar-refractivity contribution < 1.29 is 41.9 Å². The molecule has 0 bridgehead atoms. The second-order valence-electron chi connectivity index (χ2n) is 17.7. The zero-order valence-electron chi connectivity index (χ0n) is 34.3. The van der Waals surface area contributed by atoms with Crippen LogP contribution in [0, 0.1) is 22.2 Å². The quantitative estimate of drug-likeness (QED) is 0.300. The molecular formula is C44H47F3N8O6. The fraction of sp³-hybridized carbons (Fsp3) is 0.477. The Morgan fingerprint density at radius 2 is 1.48 bits per heavy atom. The summed E-state index contributed by atoms with van der Waals surface area (Å²) in [6, 6.07) is 14.1. The minimum absolute atomic E-state index is 0.0696. The molecule has 0 radical (unpaired) electrons. The Balaban J connectivity index is 0.815. The van der Waals surface area contributed by atoms with Gasteiger partial charge in [0.05, 0.1) is 22.9 Å². The van der Waals surface area contributed by atoms with Crippen molar-refractivity contribution in [3.8, 4) is 11.8 Å². The first-order chi connectivity index (χ1) is 28.9. The summed E-state index contributed by atoms with van der Waals surface area (Å²) in [5, 5.41) is 14.5. The van der Waals surface area contributed by atoms with Crippen molar-refractivity contribution in [1.82, 2.24) is 25.4 Å². The van der Waals surface area contributed by atoms with Gasteiger partial charge in [-0.2, -0.15) is 18.4 Å². The molecule has 1 unspecified atom stereocenters. The van der Waals surface area contributed by atoms with Gasteiger partial charge in [-0.15, -0.1) is 0 Å². The highest BCUT2D eigenvalue weighted by Crippen LogP contribution is 2.55. The Morgan fingerprint density at radius 1 is 0.852 bits per heavy atom. The molecule has 1 aromatic heterocycles. The second-order valence-corrected chi connectivity index (χ2v) is 17.7. The van der Waals surface area contributed by atoms with Gasteiger partial charge in [-0.1, -0.05) is 27.7 Å². The van der Waals surface area contributed by atoms with Gasteiger partial charge in [0.15, 0.2) is 5.69 Å². The minimum Gasteiger partial charge on any atom is -0.488 e. The normalized spacial score (nSPS) is 24.2. The molecule has 3 saturated heterocycles. The molecular weight excluding hydrogens is 794 g/mol. The summed E-state index contributed by atoms with van der Waals surface area (Å²) in [5.41, 5.74) is -0.270. The van der Waals surface area contributed by atoms with E-state index in [1.807, 2.05) is 45.9 Å². The number of halogens is 3. The number of nitriles is 1. The number of carbonyl (C=O) groups excluding carboxylic acids is 5. The zero-order chi connectivity index (χ0) is 43.6. The van der Waals surface area contributed by atoms with Gasteiger partial charge in [-0.05, 0) is 67.8 Å². The third-order valence-corrected chi connectivity index (χ3v) is 13.2. The SMILES string of the molecule is CC1(C)C(NC(=O)c2ccc(N3CCN(C4CCN(c5ccc6c(c5)C(=O)N(C5CCC(=O)NC5=O)C6=O)CC4)CC3)cc2)C(C)(C)C1Oc1cnc(C#N)c(C(F)(F)F)c1. The zero-order valence-corrected chi connectivity index (χ0v) is 34.3. The second kappa shape index (κ2) is 15.5. The summed E-state index contributed by atoms with van der Waals surface area (Å²) in [4.78, 5) is 75.8. The van der Waals surface area contributed by atoms with Crippen LogP contribution in [0.2, 0.25) is 0 Å². The molecule has 61 heavy (non-hydrogen) atoms. The number of imide groups is 2. The highest BCUT2D eigenvalue weighted by atomic mass is 19.4. The van der Waals surface area contributed by atoms with Crippen molar-refractivity contribution >= 4 is 40.9 Å². The third kappa shape index (κ3) is 7.55. The summed E-state index contributed by atoms with van der Waals surface area (Å²) < 4.78 is 46.7. The van der Waals surface area contributed by atoms with Gasteiger partial charge >= 0.3 is 6.18 Å². The molecule has 5 aliphatic rings. The lowest BCUT2D eigenvalue weighted by Crippen LogP contribution is -2.74. The fourth-order valence-electron chi connectivity index (χ4n) is 10.3. The van der Waals surface area contributed by atoms with Gasteiger partial charge < -0.3 is 19.9 Å². The van der Waals surface area contributed by atoms with E-state index in [1.54, 1.807) is 24.3 Å². The number of piperidine rings is 2. The predicted molar refractivity (Wildman–Crippen MR) is 216 cm³/mol. The van der Waals surface area contributed by atoms with E-state index in [1.165, 1.54) is 6.07 Å². The minimum atomic E-state index is -4.76. The summed E-state index contributed by atoms with van der Waals surface area (Å²) in [6.45, 7) is 12.5. The monoisotopic (exact) mass is 840 g/mol. The van der Waals surface area contributed by atoms with E-state index in [9.17, 15) is 37.1 Å². The molecule has 2 N–H and O–H groups in total. The number of ether oxygens (including phenoxy) is 1. The highest BCUT2D eigenvalue weighted by molar-refractivity contribution is 6.23. The van der Waals surface area contributed by atoms with Crippen LogP contribution in [0.3, 0.4) is 0 Å². The first-order valence-electron chi connectivity index (χ1n) is 20.5. The van der Waals surface area contributed by atoms with Crippen LogP contribution in [0.5, 0.6) is 5.75 Å². The van der Waals surface area contributed by atoms with Crippen molar-refractivity contribution in [3.63, 3.8) is 0 Å². The van der Waals surface area contributed by atoms with Crippen LogP contribution in [0.15, 0.2) is 54.7 Å². The van der Waals surface area contributed by atoms with Gasteiger partial charge in [0.2, 0.25) is 11.8 Å². The van der Waals surface area contributed by atoms with Crippen molar-refractivity contribution in [1.29, 1.82) is 5.26 Å². The molecule has 17 heteroatoms. The number of nitrogens with zero attached hydrogens (tertiary/aromatic N) is 6. The number of aromatic nitrogens is 1. The standard InChI is InChI=1S/C44H47F3N8O6/c1-42(2)40(43(3,4)41(42)61-29-22-32(44(45,46)47)33(23-48)49-24-29)51-36(57)25-5-7-26(8-6-25)53-17-19-54(20-18-53)27-13-15-52(16-14-27)28-9-10-30-31(21-28)39(60)55(38(30)59)34-11-12-35(56)50-37(34)58/h5-10,21-22,24,27,34,40-41H,11-20H2,1-4H3,(H,51,57)(H,50,56,58). The number of carbonyl (C=O) groups is 5. The summed E-state index contributed by atoms with van der Waals surface area (Å²) in [7, 11) is 0. The molecule has 5 heterocycles. The summed E-state index contributed by atoms with van der Waals surface area (Å²) >= 11 is 0. The average molecular weight is 841 g/mol. The molecule has 8 rings (SSSR count). The van der Waals surface area contributed by atoms with Crippen LogP contribution in [0.4, 0.5) is 24.5 Å². The number of benzene rings is 2. The summed E-state index contributed by atoms with van der Waals surface area (Å²) in [5.74, 6) is -2.43. The number of rotatable bonds is 8. The number of fused-ring (bicyclic) bond motifs is 1. The molecule has 4 aliphatic heterocycles. The van der Waals surface area contributed by atoms with E-state index < -0.39 is 64.0 Å².